The van der Waals surface area contributed by atoms with Gasteiger partial charge < -0.3 is 64.1 Å². The van der Waals surface area contributed by atoms with Crippen molar-refractivity contribution in [3.63, 3.8) is 0 Å². The molecule has 2 aliphatic heterocycles. The molecule has 0 aliphatic carbocycles. The number of amides is 11. The number of thioether (sulfide) groups is 1. The summed E-state index contributed by atoms with van der Waals surface area (Å²) in [4.78, 5) is 149. The largest absolute Gasteiger partial charge is 0.497 e. The maximum Gasteiger partial charge on any atom is 0.246 e. The molecule has 2 saturated heterocycles. The molecule has 0 aromatic heterocycles. The zero-order chi connectivity index (χ0) is 55.7. The summed E-state index contributed by atoms with van der Waals surface area (Å²) >= 11 is 1.07. The summed E-state index contributed by atoms with van der Waals surface area (Å²) in [6.07, 6.45) is -3.95. The number of nitrogens with two attached hydrogens (primary N) is 3. The Balaban J connectivity index is 2.09. The Kier molecular flexibility index (Phi) is 20.0. The number of nitrogens with one attached hydrogen (secondary N) is 7. The highest BCUT2D eigenvalue weighted by Crippen LogP contribution is 2.22. The van der Waals surface area contributed by atoms with Gasteiger partial charge in [0.25, 0.3) is 0 Å². The van der Waals surface area contributed by atoms with Gasteiger partial charge in [-0.2, -0.15) is 11.8 Å². The molecule has 2 aliphatic rings. The highest BCUT2D eigenvalue weighted by Gasteiger charge is 2.40. The van der Waals surface area contributed by atoms with Gasteiger partial charge in [0.15, 0.2) is 0 Å². The molecule has 69 heavy (non-hydrogen) atoms. The van der Waals surface area contributed by atoms with Gasteiger partial charge in [0.1, 0.15) is 48.0 Å². The molecule has 0 spiro atoms. The standard InChI is InChI=1S/C45H69N11O12S/c1-6-25(4)38-44(66)51-28(15-16-34(46)57)40(62)52-31(21-35(47)58)41(63)54-32(23-69-18-8-10-37(60)50-30(42(64)55-38)20-26-11-13-27(68-5)14-12-26)45(67)56-17-7-9-33(56)43(65)53-29(19-24(2)3)39(61)49-22-36(48)59/h11-14,24-25,28-33,38H,6-10,15-23H2,1-5H3,(H2,46,57)(H2,47,58)(H2,48,59)(H,49,61)(H,50,60)(H,51,66)(H,52,62)(H,53,65)(H,54,63)(H,55,64)/t25?,28-,29?,30-,31-,32-,33-,38-/m0/s1/i5D3,20D2. The van der Waals surface area contributed by atoms with Gasteiger partial charge in [-0.05, 0) is 67.4 Å². The zero-order valence-electron chi connectivity index (χ0n) is 44.2. The Morgan fingerprint density at radius 3 is 2.14 bits per heavy atom. The number of carbonyl (C=O) groups excluding carboxylic acids is 11. The Bertz CT molecular complexity index is 2230. The molecule has 24 heteroatoms. The Morgan fingerprint density at radius 1 is 0.855 bits per heavy atom. The lowest BCUT2D eigenvalue weighted by atomic mass is 9.96. The maximum atomic E-state index is 14.5. The van der Waals surface area contributed by atoms with Crippen LogP contribution in [0.25, 0.3) is 0 Å². The lowest BCUT2D eigenvalue weighted by Crippen LogP contribution is -2.61. The number of rotatable bonds is 18. The molecule has 3 rings (SSSR count). The average molecular weight is 993 g/mol. The van der Waals surface area contributed by atoms with Crippen LogP contribution in [0, 0.1) is 11.8 Å². The molecule has 2 heterocycles. The molecule has 0 bridgehead atoms. The van der Waals surface area contributed by atoms with Gasteiger partial charge >= 0.3 is 0 Å². The van der Waals surface area contributed by atoms with E-state index in [-0.39, 0.29) is 67.4 Å². The third kappa shape index (κ3) is 18.9. The number of hydrogen-bond acceptors (Lipinski definition) is 13. The van der Waals surface area contributed by atoms with Crippen molar-refractivity contribution in [1.82, 2.24) is 42.1 Å². The molecule has 11 amide bonds. The summed E-state index contributed by atoms with van der Waals surface area (Å²) in [5.74, 6) is -11.3. The smallest absolute Gasteiger partial charge is 0.246 e. The second-order valence-corrected chi connectivity index (χ2v) is 18.4. The number of likely N-dealkylation sites (tertiary alicyclic amines) is 1. The molecule has 8 atom stereocenters. The number of benzene rings is 1. The molecular weight excluding hydrogens is 919 g/mol. The summed E-state index contributed by atoms with van der Waals surface area (Å²) < 4.78 is 45.3. The maximum absolute atomic E-state index is 14.5. The lowest BCUT2D eigenvalue weighted by Gasteiger charge is -2.31. The summed E-state index contributed by atoms with van der Waals surface area (Å²) in [6, 6.07) is -6.16. The predicted octanol–water partition coefficient (Wildman–Crippen LogP) is -2.50. The van der Waals surface area contributed by atoms with Gasteiger partial charge in [-0.15, -0.1) is 0 Å². The fourth-order valence-corrected chi connectivity index (χ4v) is 8.36. The van der Waals surface area contributed by atoms with E-state index in [0.717, 1.165) is 36.0 Å². The van der Waals surface area contributed by atoms with Crippen LogP contribution in [-0.2, 0) is 59.1 Å². The molecule has 13 N–H and O–H groups in total. The summed E-state index contributed by atoms with van der Waals surface area (Å²) in [6.45, 7) is 6.37. The number of methoxy groups -OCH3 is 1. The van der Waals surface area contributed by atoms with Gasteiger partial charge in [-0.25, -0.2) is 0 Å². The van der Waals surface area contributed by atoms with Crippen LogP contribution in [0.1, 0.15) is 97.9 Å². The first-order chi connectivity index (χ1) is 34.5. The van der Waals surface area contributed by atoms with E-state index < -0.39 is 152 Å². The monoisotopic (exact) mass is 993 g/mol. The highest BCUT2D eigenvalue weighted by atomic mass is 32.2. The van der Waals surface area contributed by atoms with Gasteiger partial charge in [0, 0.05) is 34.3 Å². The Hall–Kier alpha value is -6.46. The first-order valence-corrected chi connectivity index (χ1v) is 23.8. The van der Waals surface area contributed by atoms with Crippen molar-refractivity contribution in [3.8, 4) is 5.75 Å². The topological polar surface area (TPSA) is 363 Å². The normalized spacial score (nSPS) is 24.6. The molecule has 23 nitrogen and oxygen atoms in total. The zero-order valence-corrected chi connectivity index (χ0v) is 40.0. The van der Waals surface area contributed by atoms with E-state index in [1.165, 1.54) is 4.90 Å². The lowest BCUT2D eigenvalue weighted by molar-refractivity contribution is -0.142. The molecule has 382 valence electrons. The number of hydrogen-bond donors (Lipinski definition) is 10. The van der Waals surface area contributed by atoms with Crippen LogP contribution < -0.4 is 59.2 Å². The van der Waals surface area contributed by atoms with Crippen molar-refractivity contribution in [2.24, 2.45) is 29.0 Å². The number of nitrogens with zero attached hydrogens (tertiary/aromatic N) is 1. The third-order valence-electron chi connectivity index (χ3n) is 11.2. The minimum Gasteiger partial charge on any atom is -0.497 e. The Labute approximate surface area is 412 Å². The predicted molar refractivity (Wildman–Crippen MR) is 253 cm³/mol. The van der Waals surface area contributed by atoms with E-state index in [9.17, 15) is 52.7 Å². The molecule has 2 fully saturated rings. The van der Waals surface area contributed by atoms with Crippen LogP contribution in [0.15, 0.2) is 24.3 Å². The number of primary amides is 3. The minimum absolute atomic E-state index is 0.0274. The van der Waals surface area contributed by atoms with Crippen molar-refractivity contribution < 1.29 is 64.3 Å². The number of carbonyl (C=O) groups is 11. The van der Waals surface area contributed by atoms with E-state index in [1.54, 1.807) is 27.7 Å². The molecule has 0 saturated carbocycles. The first kappa shape index (κ1) is 49.0. The SMILES string of the molecule is [2H]C([2H])([2H])Oc1ccc(C([2H])([2H])[C@@H]2NC(=O)CCCSC[C@@H](C(=O)N3CCC[C@H]3C(=O)NC(CC(C)C)C(=O)NCC(N)=O)NC(=O)[C@H](CC(N)=O)NC(=O)[C@H](CCC(N)=O)NC(=O)[C@H](C(C)CC)NC2=O)cc1. The first-order valence-electron chi connectivity index (χ1n) is 25.2. The van der Waals surface area contributed by atoms with Crippen LogP contribution in [0.2, 0.25) is 0 Å². The van der Waals surface area contributed by atoms with E-state index in [1.807, 2.05) is 0 Å². The van der Waals surface area contributed by atoms with Crippen LogP contribution in [-0.4, -0.2) is 144 Å². The summed E-state index contributed by atoms with van der Waals surface area (Å²) in [5.41, 5.74) is 15.9. The van der Waals surface area contributed by atoms with Crippen molar-refractivity contribution >= 4 is 76.7 Å². The van der Waals surface area contributed by atoms with Crippen LogP contribution in [0.3, 0.4) is 0 Å². The van der Waals surface area contributed by atoms with E-state index in [4.69, 9.17) is 28.8 Å². The van der Waals surface area contributed by atoms with Crippen molar-refractivity contribution in [1.29, 1.82) is 0 Å². The third-order valence-corrected chi connectivity index (χ3v) is 12.3. The Morgan fingerprint density at radius 2 is 1.52 bits per heavy atom. The number of ether oxygens (including phenoxy) is 1. The quantitative estimate of drug-likeness (QED) is 0.0728. The van der Waals surface area contributed by atoms with E-state index in [0.29, 0.717) is 6.42 Å². The van der Waals surface area contributed by atoms with Crippen LogP contribution >= 0.6 is 11.8 Å². The molecule has 1 aromatic carbocycles. The molecule has 0 radical (unpaired) electrons. The van der Waals surface area contributed by atoms with Crippen molar-refractivity contribution in [2.45, 2.75) is 134 Å². The fourth-order valence-electron chi connectivity index (χ4n) is 7.38. The van der Waals surface area contributed by atoms with Crippen LogP contribution in [0.4, 0.5) is 0 Å². The van der Waals surface area contributed by atoms with Crippen molar-refractivity contribution in [2.75, 3.05) is 31.6 Å². The average Bonchev–Trinajstić information content (AvgIpc) is 3.81. The molecule has 1 aromatic rings. The highest BCUT2D eigenvalue weighted by molar-refractivity contribution is 7.99. The minimum atomic E-state index is -2.84. The van der Waals surface area contributed by atoms with Crippen LogP contribution in [0.5, 0.6) is 5.75 Å². The van der Waals surface area contributed by atoms with Crippen molar-refractivity contribution in [3.05, 3.63) is 29.8 Å². The summed E-state index contributed by atoms with van der Waals surface area (Å²) in [7, 11) is -2.84. The second-order valence-electron chi connectivity index (χ2n) is 17.2. The molecular formula is C45H69N11O12S. The summed E-state index contributed by atoms with van der Waals surface area (Å²) in [5, 5.41) is 17.3. The van der Waals surface area contributed by atoms with E-state index >= 15 is 0 Å². The van der Waals surface area contributed by atoms with Gasteiger partial charge in [-0.1, -0.05) is 46.2 Å². The van der Waals surface area contributed by atoms with Gasteiger partial charge in [0.2, 0.25) is 65.0 Å². The van der Waals surface area contributed by atoms with Gasteiger partial charge in [-0.3, -0.25) is 52.7 Å². The second kappa shape index (κ2) is 28.1. The molecule has 2 unspecified atom stereocenters. The van der Waals surface area contributed by atoms with Gasteiger partial charge in [0.05, 0.1) is 24.1 Å². The fraction of sp³-hybridized carbons (Fsp3) is 0.622. The van der Waals surface area contributed by atoms with E-state index in [2.05, 4.69) is 37.2 Å².